The monoisotopic (exact) mass is 729 g/mol. The highest BCUT2D eigenvalue weighted by Gasteiger charge is 2.87. The lowest BCUT2D eigenvalue weighted by Crippen LogP contribution is -2.77. The normalized spacial score (nSPS) is 42.4. The number of amides is 1. The van der Waals surface area contributed by atoms with Crippen LogP contribution in [0.3, 0.4) is 0 Å². The van der Waals surface area contributed by atoms with Crippen LogP contribution in [0.4, 0.5) is 0 Å². The number of fused-ring (bicyclic) bond motifs is 2. The van der Waals surface area contributed by atoms with Crippen molar-refractivity contribution in [1.29, 1.82) is 0 Å². The highest BCUT2D eigenvalue weighted by Crippen LogP contribution is 2.88. The third-order valence-electron chi connectivity index (χ3n) is 17.6. The van der Waals surface area contributed by atoms with E-state index in [-0.39, 0.29) is 62.8 Å². The number of nitrogens with one attached hydrogen (secondary N) is 1. The van der Waals surface area contributed by atoms with Crippen LogP contribution in [0.2, 0.25) is 39.3 Å². The quantitative estimate of drug-likeness (QED) is 0.242. The van der Waals surface area contributed by atoms with Gasteiger partial charge in [-0.1, -0.05) is 55.4 Å². The molecule has 0 aromatic rings. The first-order valence-corrected chi connectivity index (χ1v) is 27.2. The number of nitrogens with zero attached hydrogens (tertiary/aromatic N) is 2. The number of carbonyl (C=O) groups excluding carboxylic acids is 3. The number of ketones is 2. The van der Waals surface area contributed by atoms with Crippen LogP contribution >= 0.6 is 0 Å². The van der Waals surface area contributed by atoms with Gasteiger partial charge in [0.25, 0.3) is 16.5 Å². The van der Waals surface area contributed by atoms with E-state index in [1.807, 2.05) is 13.8 Å². The molecule has 0 saturated heterocycles. The first-order valence-electron chi connectivity index (χ1n) is 20.3. The van der Waals surface area contributed by atoms with Gasteiger partial charge in [-0.25, -0.2) is 0 Å². The fourth-order valence-electron chi connectivity index (χ4n) is 14.0. The predicted molar refractivity (Wildman–Crippen MR) is 213 cm³/mol. The molecule has 0 unspecified atom stereocenters. The summed E-state index contributed by atoms with van der Waals surface area (Å²) in [5.41, 5.74) is -1.08. The summed E-state index contributed by atoms with van der Waals surface area (Å²) >= 11 is 0. The zero-order valence-corrected chi connectivity index (χ0v) is 37.8. The molecule has 5 saturated carbocycles. The highest BCUT2D eigenvalue weighted by molar-refractivity contribution is 6.82. The Kier molecular flexibility index (Phi) is 9.55. The summed E-state index contributed by atoms with van der Waals surface area (Å²) in [6, 6.07) is 0.337. The number of quaternary nitrogens is 1. The number of hydrogen-bond acceptors (Lipinski definition) is 4. The Bertz CT molecular complexity index is 1390. The molecule has 2 spiro atoms. The smallest absolute Gasteiger partial charge is 0.259 e. The van der Waals surface area contributed by atoms with E-state index >= 15 is 4.79 Å². The van der Waals surface area contributed by atoms with Gasteiger partial charge in [-0.2, -0.15) is 0 Å². The first-order chi connectivity index (χ1) is 22.4. The molecule has 8 heteroatoms. The molecule has 0 heterocycles. The van der Waals surface area contributed by atoms with Crippen LogP contribution in [0.15, 0.2) is 0 Å². The zero-order chi connectivity index (χ0) is 38.2. The summed E-state index contributed by atoms with van der Waals surface area (Å²) in [6.45, 7) is 36.5. The van der Waals surface area contributed by atoms with Gasteiger partial charge in [0.15, 0.2) is 0 Å². The van der Waals surface area contributed by atoms with Crippen LogP contribution in [-0.2, 0) is 14.4 Å². The molecule has 286 valence electrons. The molecule has 1 N–H and O–H groups in total. The van der Waals surface area contributed by atoms with Crippen LogP contribution in [0.5, 0.6) is 0 Å². The van der Waals surface area contributed by atoms with Gasteiger partial charge in [-0.3, -0.25) is 14.4 Å². The Hall–Kier alpha value is -0.836. The van der Waals surface area contributed by atoms with E-state index in [0.29, 0.717) is 29.8 Å². The second-order valence-corrected chi connectivity index (χ2v) is 34.1. The molecule has 6 nitrogen and oxygen atoms in total. The van der Waals surface area contributed by atoms with E-state index in [1.165, 1.54) is 0 Å². The molecule has 5 rings (SSSR count). The maximum Gasteiger partial charge on any atom is 0.259 e. The van der Waals surface area contributed by atoms with Crippen LogP contribution in [0.25, 0.3) is 0 Å². The summed E-state index contributed by atoms with van der Waals surface area (Å²) in [7, 11) is 3.46. The lowest BCUT2D eigenvalue weighted by molar-refractivity contribution is -0.719. The molecule has 5 fully saturated rings. The van der Waals surface area contributed by atoms with Crippen LogP contribution < -0.4 is 5.32 Å². The summed E-state index contributed by atoms with van der Waals surface area (Å²) in [6.07, 6.45) is 6.73. The number of carbonyl (C=O) groups is 3. The van der Waals surface area contributed by atoms with Gasteiger partial charge in [0.1, 0.15) is 11.6 Å². The molecule has 0 aliphatic heterocycles. The van der Waals surface area contributed by atoms with Gasteiger partial charge in [0.05, 0.1) is 6.54 Å². The maximum atomic E-state index is 15.3. The number of rotatable bonds is 9. The summed E-state index contributed by atoms with van der Waals surface area (Å²) in [4.78, 5) is 45.6. The Morgan fingerprint density at radius 3 is 1.94 bits per heavy atom. The van der Waals surface area contributed by atoms with Crippen LogP contribution in [0.1, 0.15) is 107 Å². The van der Waals surface area contributed by atoms with E-state index in [2.05, 4.69) is 119 Å². The molecule has 0 bridgehead atoms. The van der Waals surface area contributed by atoms with Gasteiger partial charge in [-0.05, 0) is 133 Å². The van der Waals surface area contributed by atoms with Gasteiger partial charge < -0.3 is 14.0 Å². The largest absolute Gasteiger partial charge is 0.447 e. The summed E-state index contributed by atoms with van der Waals surface area (Å²) in [5.74, 6) is 1.87. The average Bonchev–Trinajstić information content (AvgIpc) is 3.58. The number of Topliss-reactive ketones (excluding diaryl/α,β-unsaturated/α-hetero) is 2. The molecule has 0 aromatic carbocycles. The van der Waals surface area contributed by atoms with E-state index in [1.54, 1.807) is 0 Å². The second-order valence-electron chi connectivity index (χ2n) is 23.0. The topological polar surface area (TPSA) is 66.5 Å². The molecule has 5 aliphatic carbocycles. The molecule has 50 heavy (non-hydrogen) atoms. The third kappa shape index (κ3) is 5.27. The van der Waals surface area contributed by atoms with Crippen LogP contribution in [0, 0.1) is 62.1 Å². The van der Waals surface area contributed by atoms with Crippen molar-refractivity contribution >= 4 is 33.9 Å². The molecule has 1 amide bonds. The van der Waals surface area contributed by atoms with Gasteiger partial charge in [0.2, 0.25) is 5.91 Å². The average molecular weight is 729 g/mol. The lowest BCUT2D eigenvalue weighted by atomic mass is 9.41. The van der Waals surface area contributed by atoms with E-state index < -0.39 is 21.9 Å². The Labute approximate surface area is 309 Å². The Balaban J connectivity index is 1.63. The van der Waals surface area contributed by atoms with Crippen molar-refractivity contribution < 1.29 is 18.2 Å². The van der Waals surface area contributed by atoms with Crippen molar-refractivity contribution in [2.45, 2.75) is 159 Å². The maximum absolute atomic E-state index is 15.3. The summed E-state index contributed by atoms with van der Waals surface area (Å²) < 4.78 is 1.16. The van der Waals surface area contributed by atoms with Crippen molar-refractivity contribution in [2.75, 3.05) is 27.7 Å². The first kappa shape index (κ1) is 40.4. The van der Waals surface area contributed by atoms with Gasteiger partial charge in [0, 0.05) is 53.6 Å². The van der Waals surface area contributed by atoms with E-state index in [4.69, 9.17) is 0 Å². The van der Waals surface area contributed by atoms with Crippen molar-refractivity contribution in [2.24, 2.45) is 62.1 Å². The molecular weight excluding hydrogens is 651 g/mol. The minimum absolute atomic E-state index is 0.00361. The molecular formula is C42H78N3O3Si2+. The molecule has 0 aromatic heterocycles. The number of hydrogen-bond donors (Lipinski definition) is 1. The summed E-state index contributed by atoms with van der Waals surface area (Å²) in [5, 5.41) is 3.65. The third-order valence-corrected chi connectivity index (χ3v) is 27.9. The highest BCUT2D eigenvalue weighted by atomic mass is 28.4. The van der Waals surface area contributed by atoms with Gasteiger partial charge in [-0.15, -0.1) is 0 Å². The SMILES string of the molecule is CC(C)C(=O)N[C@H]1CC[C@]23C[C@]24C(=O)C[C@]2(C)[C@@H]([C@H](C)N(C)C)[C@H](C(=O)C(C)(C)C)C[C@@]2(C)[C@@H]4CC[C@H]3[C@]1(C)C[N+](C)([Si](C)(C)C)[Si](C)(C)C. The second kappa shape index (κ2) is 11.8. The fraction of sp³-hybridized carbons (Fsp3) is 0.929. The standard InChI is InChI=1S/C42H77N3O3Si2/c1-27(2)36(48)43-32-21-22-41-25-42(41)31(20-19-30(41)38(32,7)26-45(12,49(13,14)15)50(16,17)18)39(8)23-29(35(47)37(4,5)6)34(28(3)44(10)11)40(39,9)24-33(42)46/h27-32,34H,19-26H2,1-18H3/p+1/t28-,29+,30-,31-,32-,34-,38-,39-,40+,41+,42-/m0/s1. The zero-order valence-electron chi connectivity index (χ0n) is 35.8. The van der Waals surface area contributed by atoms with Crippen molar-refractivity contribution in [3.8, 4) is 0 Å². The molecule has 0 radical (unpaired) electrons. The Morgan fingerprint density at radius 2 is 1.46 bits per heavy atom. The Morgan fingerprint density at radius 1 is 0.920 bits per heavy atom. The van der Waals surface area contributed by atoms with Gasteiger partial charge >= 0.3 is 0 Å². The van der Waals surface area contributed by atoms with Crippen molar-refractivity contribution in [3.63, 3.8) is 0 Å². The predicted octanol–water partition coefficient (Wildman–Crippen LogP) is 8.63. The van der Waals surface area contributed by atoms with Crippen LogP contribution in [-0.4, -0.2) is 82.4 Å². The van der Waals surface area contributed by atoms with E-state index in [9.17, 15) is 9.59 Å². The minimum Gasteiger partial charge on any atom is -0.447 e. The fourth-order valence-corrected chi connectivity index (χ4v) is 23.7. The minimum atomic E-state index is -1.70. The van der Waals surface area contributed by atoms with Crippen molar-refractivity contribution in [3.05, 3.63) is 0 Å². The molecule has 5 aliphatic rings. The van der Waals surface area contributed by atoms with E-state index in [0.717, 1.165) is 48.9 Å². The van der Waals surface area contributed by atoms with Crippen molar-refractivity contribution in [1.82, 2.24) is 10.2 Å². The molecule has 11 atom stereocenters. The lowest BCUT2D eigenvalue weighted by Gasteiger charge is -2.65.